The van der Waals surface area contributed by atoms with E-state index in [-0.39, 0.29) is 5.78 Å². The fourth-order valence-corrected chi connectivity index (χ4v) is 2.73. The summed E-state index contributed by atoms with van der Waals surface area (Å²) in [4.78, 5) is 12.5. The number of ketones is 1. The van der Waals surface area contributed by atoms with E-state index < -0.39 is 0 Å². The largest absolute Gasteiger partial charge is 0.289 e. The highest BCUT2D eigenvalue weighted by Crippen LogP contribution is 2.31. The Hall–Kier alpha value is -1.52. The van der Waals surface area contributed by atoms with E-state index in [1.165, 1.54) is 0 Å². The predicted molar refractivity (Wildman–Crippen MR) is 77.2 cm³/mol. The molecule has 0 amide bonds. The molecule has 0 N–H and O–H groups in total. The average Bonchev–Trinajstić information content (AvgIpc) is 2.42. The zero-order chi connectivity index (χ0) is 13.4. The molecule has 1 aliphatic rings. The van der Waals surface area contributed by atoms with Gasteiger partial charge in [0.1, 0.15) is 0 Å². The van der Waals surface area contributed by atoms with Crippen molar-refractivity contribution < 1.29 is 4.79 Å². The van der Waals surface area contributed by atoms with Gasteiger partial charge in [0.2, 0.25) is 0 Å². The van der Waals surface area contributed by atoms with Crippen molar-refractivity contribution >= 4 is 38.9 Å². The molecule has 1 aromatic heterocycles. The molecule has 19 heavy (non-hydrogen) atoms. The molecule has 0 atom stereocenters. The second kappa shape index (κ2) is 4.87. The maximum absolute atomic E-state index is 12.5. The fourth-order valence-electron chi connectivity index (χ4n) is 2.10. The number of carbonyl (C=O) groups is 1. The summed E-state index contributed by atoms with van der Waals surface area (Å²) in [5.41, 5.74) is 2.86. The van der Waals surface area contributed by atoms with Crippen LogP contribution >= 0.6 is 27.5 Å². The Kier molecular flexibility index (Phi) is 3.21. The summed E-state index contributed by atoms with van der Waals surface area (Å²) in [7, 11) is 0. The van der Waals surface area contributed by atoms with Crippen molar-refractivity contribution in [3.63, 3.8) is 0 Å². The number of fused-ring (bicyclic) bond motifs is 1. The van der Waals surface area contributed by atoms with E-state index in [1.54, 1.807) is 12.1 Å². The lowest BCUT2D eigenvalue weighted by Gasteiger charge is -2.16. The van der Waals surface area contributed by atoms with E-state index in [1.807, 2.05) is 24.3 Å². The monoisotopic (exact) mass is 334 g/mol. The van der Waals surface area contributed by atoms with E-state index in [0.29, 0.717) is 28.4 Å². The molecule has 0 unspecified atom stereocenters. The molecule has 1 heterocycles. The number of rotatable bonds is 1. The van der Waals surface area contributed by atoms with E-state index in [2.05, 4.69) is 26.1 Å². The number of halogens is 2. The third-order valence-corrected chi connectivity index (χ3v) is 3.97. The predicted octanol–water partition coefficient (Wildman–Crippen LogP) is 3.71. The zero-order valence-electron chi connectivity index (χ0n) is 9.73. The molecule has 0 radical (unpaired) electrons. The minimum Gasteiger partial charge on any atom is -0.289 e. The van der Waals surface area contributed by atoms with E-state index in [9.17, 15) is 4.79 Å². The zero-order valence-corrected chi connectivity index (χ0v) is 12.1. The maximum atomic E-state index is 12.5. The van der Waals surface area contributed by atoms with Crippen LogP contribution in [0.1, 0.15) is 21.6 Å². The third-order valence-electron chi connectivity index (χ3n) is 3.03. The SMILES string of the molecule is O=C1C(c2ccc(Cl)nn2)=CCc2c(Br)cccc21. The molecule has 0 fully saturated rings. The van der Waals surface area contributed by atoms with Gasteiger partial charge in [-0.25, -0.2) is 0 Å². The second-order valence-corrected chi connectivity index (χ2v) is 5.40. The van der Waals surface area contributed by atoms with Crippen LogP contribution in [-0.4, -0.2) is 16.0 Å². The number of benzene rings is 1. The fraction of sp³-hybridized carbons (Fsp3) is 0.0714. The average molecular weight is 336 g/mol. The van der Waals surface area contributed by atoms with Gasteiger partial charge >= 0.3 is 0 Å². The van der Waals surface area contributed by atoms with Crippen LogP contribution in [0.5, 0.6) is 0 Å². The van der Waals surface area contributed by atoms with Crippen LogP contribution in [0.25, 0.3) is 5.57 Å². The first-order chi connectivity index (χ1) is 9.16. The van der Waals surface area contributed by atoms with Gasteiger partial charge in [0.15, 0.2) is 10.9 Å². The number of hydrogen-bond acceptors (Lipinski definition) is 3. The molecule has 0 saturated carbocycles. The molecule has 3 rings (SSSR count). The molecule has 2 aromatic rings. The Bertz CT molecular complexity index is 695. The second-order valence-electron chi connectivity index (χ2n) is 4.16. The Labute approximate surface area is 123 Å². The van der Waals surface area contributed by atoms with Gasteiger partial charge in [-0.15, -0.1) is 10.2 Å². The summed E-state index contributed by atoms with van der Waals surface area (Å²) in [6, 6.07) is 8.97. The van der Waals surface area contributed by atoms with Gasteiger partial charge < -0.3 is 0 Å². The minimum absolute atomic E-state index is 0.0285. The van der Waals surface area contributed by atoms with Crippen molar-refractivity contribution in [2.75, 3.05) is 0 Å². The van der Waals surface area contributed by atoms with Gasteiger partial charge in [-0.1, -0.05) is 45.7 Å². The first-order valence-electron chi connectivity index (χ1n) is 5.68. The molecule has 1 aliphatic carbocycles. The van der Waals surface area contributed by atoms with Gasteiger partial charge in [-0.2, -0.15) is 0 Å². The summed E-state index contributed by atoms with van der Waals surface area (Å²) in [5.74, 6) is -0.0285. The standard InChI is InChI=1S/C14H8BrClN2O/c15-11-3-1-2-9-8(11)4-5-10(14(9)19)12-6-7-13(16)18-17-12/h1-3,5-7H,4H2. The normalized spacial score (nSPS) is 14.0. The minimum atomic E-state index is -0.0285. The summed E-state index contributed by atoms with van der Waals surface area (Å²) >= 11 is 9.17. The summed E-state index contributed by atoms with van der Waals surface area (Å²) in [6.07, 6.45) is 2.58. The van der Waals surface area contributed by atoms with Crippen molar-refractivity contribution in [3.05, 3.63) is 62.9 Å². The topological polar surface area (TPSA) is 42.9 Å². The highest BCUT2D eigenvalue weighted by atomic mass is 79.9. The molecular formula is C14H8BrClN2O. The van der Waals surface area contributed by atoms with Gasteiger partial charge in [0.05, 0.1) is 5.69 Å². The van der Waals surface area contributed by atoms with Gasteiger partial charge in [0, 0.05) is 15.6 Å². The van der Waals surface area contributed by atoms with Crippen LogP contribution in [0.2, 0.25) is 5.15 Å². The van der Waals surface area contributed by atoms with E-state index in [0.717, 1.165) is 10.0 Å². The highest BCUT2D eigenvalue weighted by molar-refractivity contribution is 9.10. The molecule has 0 spiro atoms. The number of nitrogens with zero attached hydrogens (tertiary/aromatic N) is 2. The molecule has 0 bridgehead atoms. The Morgan fingerprint density at radius 1 is 1.16 bits per heavy atom. The van der Waals surface area contributed by atoms with Gasteiger partial charge in [-0.05, 0) is 30.2 Å². The highest BCUT2D eigenvalue weighted by Gasteiger charge is 2.23. The molecule has 1 aromatic carbocycles. The molecule has 5 heteroatoms. The Morgan fingerprint density at radius 3 is 2.74 bits per heavy atom. The van der Waals surface area contributed by atoms with Crippen LogP contribution in [0.15, 0.2) is 40.9 Å². The van der Waals surface area contributed by atoms with Crippen molar-refractivity contribution in [2.45, 2.75) is 6.42 Å². The van der Waals surface area contributed by atoms with E-state index >= 15 is 0 Å². The number of hydrogen-bond donors (Lipinski definition) is 0. The molecule has 0 aliphatic heterocycles. The molecule has 94 valence electrons. The Morgan fingerprint density at radius 2 is 2.00 bits per heavy atom. The maximum Gasteiger partial charge on any atom is 0.195 e. The van der Waals surface area contributed by atoms with Crippen molar-refractivity contribution in [1.82, 2.24) is 10.2 Å². The van der Waals surface area contributed by atoms with Gasteiger partial charge in [0.25, 0.3) is 0 Å². The lowest BCUT2D eigenvalue weighted by Crippen LogP contribution is -2.13. The number of Topliss-reactive ketones (excluding diaryl/α,β-unsaturated/α-hetero) is 1. The quantitative estimate of drug-likeness (QED) is 0.798. The first kappa shape index (κ1) is 12.5. The number of aromatic nitrogens is 2. The van der Waals surface area contributed by atoms with Gasteiger partial charge in [-0.3, -0.25) is 4.79 Å². The van der Waals surface area contributed by atoms with Crippen LogP contribution < -0.4 is 0 Å². The van der Waals surface area contributed by atoms with Crippen LogP contribution in [-0.2, 0) is 6.42 Å². The van der Waals surface area contributed by atoms with Crippen molar-refractivity contribution in [2.24, 2.45) is 0 Å². The van der Waals surface area contributed by atoms with Crippen LogP contribution in [0.3, 0.4) is 0 Å². The third kappa shape index (κ3) is 2.22. The lowest BCUT2D eigenvalue weighted by atomic mass is 9.89. The van der Waals surface area contributed by atoms with Crippen molar-refractivity contribution in [3.8, 4) is 0 Å². The molecular weight excluding hydrogens is 328 g/mol. The van der Waals surface area contributed by atoms with Crippen molar-refractivity contribution in [1.29, 1.82) is 0 Å². The smallest absolute Gasteiger partial charge is 0.195 e. The van der Waals surface area contributed by atoms with Crippen LogP contribution in [0.4, 0.5) is 0 Å². The summed E-state index contributed by atoms with van der Waals surface area (Å²) in [6.45, 7) is 0. The molecule has 0 saturated heterocycles. The lowest BCUT2D eigenvalue weighted by molar-refractivity contribution is 0.105. The van der Waals surface area contributed by atoms with Crippen LogP contribution in [0, 0.1) is 0 Å². The summed E-state index contributed by atoms with van der Waals surface area (Å²) in [5, 5.41) is 8.06. The molecule has 3 nitrogen and oxygen atoms in total. The first-order valence-corrected chi connectivity index (χ1v) is 6.86. The van der Waals surface area contributed by atoms with E-state index in [4.69, 9.17) is 11.6 Å². The number of carbonyl (C=O) groups excluding carboxylic acids is 1. The number of allylic oxidation sites excluding steroid dienone is 2. The Balaban J connectivity index is 2.06. The summed E-state index contributed by atoms with van der Waals surface area (Å²) < 4.78 is 0.954.